The normalized spacial score (nSPS) is 10.8. The van der Waals surface area contributed by atoms with Gasteiger partial charge in [0.1, 0.15) is 11.1 Å². The number of hydrogen-bond donors (Lipinski definition) is 1. The Labute approximate surface area is 150 Å². The number of benzene rings is 1. The predicted octanol–water partition coefficient (Wildman–Crippen LogP) is 1.85. The van der Waals surface area contributed by atoms with Crippen molar-refractivity contribution < 1.29 is 9.21 Å². The lowest BCUT2D eigenvalue weighted by molar-refractivity contribution is 0.0948. The highest BCUT2D eigenvalue weighted by Crippen LogP contribution is 2.19. The van der Waals surface area contributed by atoms with Gasteiger partial charge in [0.25, 0.3) is 11.5 Å². The van der Waals surface area contributed by atoms with E-state index in [4.69, 9.17) is 4.42 Å². The lowest BCUT2D eigenvalue weighted by Crippen LogP contribution is -2.33. The van der Waals surface area contributed by atoms with Crippen LogP contribution in [0.5, 0.6) is 0 Å². The van der Waals surface area contributed by atoms with Crippen LogP contribution in [0.4, 0.5) is 0 Å². The van der Waals surface area contributed by atoms with Crippen molar-refractivity contribution in [2.24, 2.45) is 0 Å². The Morgan fingerprint density at radius 1 is 1.28 bits per heavy atom. The third-order valence-corrected chi connectivity index (χ3v) is 4.09. The van der Waals surface area contributed by atoms with E-state index >= 15 is 0 Å². The maximum Gasteiger partial charge on any atom is 0.349 e. The number of carbonyl (C=O) groups is 1. The van der Waals surface area contributed by atoms with E-state index in [1.54, 1.807) is 25.1 Å². The van der Waals surface area contributed by atoms with E-state index in [1.165, 1.54) is 23.0 Å². The minimum absolute atomic E-state index is 0.0834. The second-order valence-electron chi connectivity index (χ2n) is 5.45. The van der Waals surface area contributed by atoms with Gasteiger partial charge in [-0.05, 0) is 31.2 Å². The molecule has 0 saturated heterocycles. The first-order chi connectivity index (χ1) is 11.9. The van der Waals surface area contributed by atoms with Crippen molar-refractivity contribution in [2.45, 2.75) is 13.5 Å². The van der Waals surface area contributed by atoms with Gasteiger partial charge < -0.3 is 9.73 Å². The molecule has 3 aromatic rings. The molecular formula is C17H14BrN3O4. The van der Waals surface area contributed by atoms with Crippen LogP contribution in [-0.4, -0.2) is 22.0 Å². The van der Waals surface area contributed by atoms with Gasteiger partial charge in [-0.1, -0.05) is 15.9 Å². The van der Waals surface area contributed by atoms with Gasteiger partial charge in [0.15, 0.2) is 0 Å². The van der Waals surface area contributed by atoms with E-state index in [1.807, 2.05) is 0 Å². The SMILES string of the molecule is Cc1cc(=O)n(CCNC(=O)c2cc3cc(Br)ccc3oc2=O)cn1. The van der Waals surface area contributed by atoms with Crippen LogP contribution in [0.3, 0.4) is 0 Å². The number of nitrogens with zero attached hydrogens (tertiary/aromatic N) is 2. The lowest BCUT2D eigenvalue weighted by atomic mass is 10.2. The minimum atomic E-state index is -0.707. The molecule has 1 N–H and O–H groups in total. The zero-order valence-electron chi connectivity index (χ0n) is 13.3. The van der Waals surface area contributed by atoms with Gasteiger partial charge in [-0.3, -0.25) is 14.2 Å². The van der Waals surface area contributed by atoms with Crippen LogP contribution in [0.25, 0.3) is 11.0 Å². The molecule has 0 atom stereocenters. The summed E-state index contributed by atoms with van der Waals surface area (Å²) < 4.78 is 7.36. The van der Waals surface area contributed by atoms with Gasteiger partial charge in [0.05, 0.1) is 6.33 Å². The molecule has 2 heterocycles. The largest absolute Gasteiger partial charge is 0.422 e. The van der Waals surface area contributed by atoms with Gasteiger partial charge in [-0.2, -0.15) is 0 Å². The van der Waals surface area contributed by atoms with Crippen molar-refractivity contribution >= 4 is 32.8 Å². The molecule has 25 heavy (non-hydrogen) atoms. The standard InChI is InChI=1S/C17H14BrN3O4/c1-10-6-15(22)21(9-20-10)5-4-19-16(23)13-8-11-7-12(18)2-3-14(11)25-17(13)24/h2-3,6-9H,4-5H2,1H3,(H,19,23). The zero-order valence-corrected chi connectivity index (χ0v) is 14.9. The molecule has 3 rings (SSSR count). The third kappa shape index (κ3) is 3.85. The molecule has 1 amide bonds. The fraction of sp³-hybridized carbons (Fsp3) is 0.176. The van der Waals surface area contributed by atoms with E-state index in [2.05, 4.69) is 26.2 Å². The highest BCUT2D eigenvalue weighted by atomic mass is 79.9. The zero-order chi connectivity index (χ0) is 18.0. The number of fused-ring (bicyclic) bond motifs is 1. The molecule has 7 nitrogen and oxygen atoms in total. The van der Waals surface area contributed by atoms with Crippen LogP contribution in [0.2, 0.25) is 0 Å². The van der Waals surface area contributed by atoms with E-state index < -0.39 is 11.5 Å². The number of aromatic nitrogens is 2. The van der Waals surface area contributed by atoms with Gasteiger partial charge in [0, 0.05) is 34.7 Å². The van der Waals surface area contributed by atoms with Crippen LogP contribution in [0.1, 0.15) is 16.1 Å². The Bertz CT molecular complexity index is 1070. The fourth-order valence-electron chi connectivity index (χ4n) is 2.32. The molecule has 2 aromatic heterocycles. The van der Waals surface area contributed by atoms with Gasteiger partial charge in [-0.15, -0.1) is 0 Å². The van der Waals surface area contributed by atoms with E-state index in [-0.39, 0.29) is 24.2 Å². The maximum atomic E-state index is 12.2. The highest BCUT2D eigenvalue weighted by molar-refractivity contribution is 9.10. The monoisotopic (exact) mass is 403 g/mol. The van der Waals surface area contributed by atoms with Crippen molar-refractivity contribution in [2.75, 3.05) is 6.54 Å². The maximum absolute atomic E-state index is 12.2. The first-order valence-corrected chi connectivity index (χ1v) is 8.28. The lowest BCUT2D eigenvalue weighted by Gasteiger charge is -2.07. The summed E-state index contributed by atoms with van der Waals surface area (Å²) in [5.74, 6) is -0.552. The Balaban J connectivity index is 1.75. The molecule has 0 saturated carbocycles. The Kier molecular flexibility index (Phi) is 4.80. The molecule has 0 aliphatic carbocycles. The molecule has 0 fully saturated rings. The van der Waals surface area contributed by atoms with Crippen molar-refractivity contribution in [3.63, 3.8) is 0 Å². The fourth-order valence-corrected chi connectivity index (χ4v) is 2.70. The third-order valence-electron chi connectivity index (χ3n) is 3.59. The van der Waals surface area contributed by atoms with Crippen LogP contribution >= 0.6 is 15.9 Å². The average Bonchev–Trinajstić information content (AvgIpc) is 2.56. The minimum Gasteiger partial charge on any atom is -0.422 e. The first-order valence-electron chi connectivity index (χ1n) is 7.49. The van der Waals surface area contributed by atoms with E-state index in [9.17, 15) is 14.4 Å². The van der Waals surface area contributed by atoms with Crippen molar-refractivity contribution in [3.8, 4) is 0 Å². The van der Waals surface area contributed by atoms with E-state index in [0.29, 0.717) is 16.7 Å². The van der Waals surface area contributed by atoms with Crippen LogP contribution in [0, 0.1) is 6.92 Å². The predicted molar refractivity (Wildman–Crippen MR) is 95.8 cm³/mol. The summed E-state index contributed by atoms with van der Waals surface area (Å²) in [5, 5.41) is 3.25. The van der Waals surface area contributed by atoms with Crippen molar-refractivity contribution in [1.29, 1.82) is 0 Å². The molecule has 0 spiro atoms. The molecule has 0 bridgehead atoms. The second-order valence-corrected chi connectivity index (χ2v) is 6.36. The summed E-state index contributed by atoms with van der Waals surface area (Å²) in [7, 11) is 0. The molecule has 0 radical (unpaired) electrons. The topological polar surface area (TPSA) is 94.2 Å². The van der Waals surface area contributed by atoms with Gasteiger partial charge in [0.2, 0.25) is 0 Å². The number of rotatable bonds is 4. The number of carbonyl (C=O) groups excluding carboxylic acids is 1. The summed E-state index contributed by atoms with van der Waals surface area (Å²) in [5.41, 5.74) is 0.0468. The summed E-state index contributed by atoms with van der Waals surface area (Å²) in [6, 6.07) is 8.06. The molecule has 0 unspecified atom stereocenters. The van der Waals surface area contributed by atoms with Gasteiger partial charge in [-0.25, -0.2) is 9.78 Å². The van der Waals surface area contributed by atoms with Crippen LogP contribution in [0.15, 0.2) is 55.1 Å². The number of aryl methyl sites for hydroxylation is 1. The summed E-state index contributed by atoms with van der Waals surface area (Å²) in [4.78, 5) is 40.0. The molecule has 8 heteroatoms. The Hall–Kier alpha value is -2.74. The summed E-state index contributed by atoms with van der Waals surface area (Å²) in [6.07, 6.45) is 1.42. The molecule has 0 aliphatic rings. The highest BCUT2D eigenvalue weighted by Gasteiger charge is 2.13. The first kappa shape index (κ1) is 17.1. The Morgan fingerprint density at radius 3 is 2.84 bits per heavy atom. The summed E-state index contributed by atoms with van der Waals surface area (Å²) in [6.45, 7) is 2.16. The van der Waals surface area contributed by atoms with Crippen LogP contribution < -0.4 is 16.5 Å². The van der Waals surface area contributed by atoms with Crippen molar-refractivity contribution in [1.82, 2.24) is 14.9 Å². The quantitative estimate of drug-likeness (QED) is 0.670. The Morgan fingerprint density at radius 2 is 2.08 bits per heavy atom. The molecule has 0 aliphatic heterocycles. The smallest absolute Gasteiger partial charge is 0.349 e. The molecule has 128 valence electrons. The number of nitrogens with one attached hydrogen (secondary N) is 1. The summed E-state index contributed by atoms with van der Waals surface area (Å²) >= 11 is 3.33. The number of hydrogen-bond acceptors (Lipinski definition) is 5. The molecular weight excluding hydrogens is 390 g/mol. The van der Waals surface area contributed by atoms with Crippen molar-refractivity contribution in [3.05, 3.63) is 73.2 Å². The molecule has 1 aromatic carbocycles. The van der Waals surface area contributed by atoms with Gasteiger partial charge >= 0.3 is 5.63 Å². The second kappa shape index (κ2) is 7.02. The van der Waals surface area contributed by atoms with E-state index in [0.717, 1.165) is 4.47 Å². The van der Waals surface area contributed by atoms with Crippen LogP contribution in [-0.2, 0) is 6.54 Å². The number of amides is 1. The number of halogens is 1. The average molecular weight is 404 g/mol.